The quantitative estimate of drug-likeness (QED) is 0.726. The fourth-order valence-electron chi connectivity index (χ4n) is 3.42. The van der Waals surface area contributed by atoms with E-state index in [0.717, 1.165) is 24.6 Å². The van der Waals surface area contributed by atoms with Gasteiger partial charge in [-0.3, -0.25) is 9.59 Å². The third kappa shape index (κ3) is 4.36. The van der Waals surface area contributed by atoms with Crippen LogP contribution in [0, 0.1) is 5.82 Å². The van der Waals surface area contributed by atoms with Crippen molar-refractivity contribution >= 4 is 33.2 Å². The molecule has 1 saturated heterocycles. The highest BCUT2D eigenvalue weighted by Crippen LogP contribution is 2.25. The molecule has 1 aliphatic rings. The van der Waals surface area contributed by atoms with Crippen molar-refractivity contribution in [2.24, 2.45) is 0 Å². The molecule has 1 heterocycles. The van der Waals surface area contributed by atoms with Crippen LogP contribution in [0.15, 0.2) is 47.4 Å². The first kappa shape index (κ1) is 21.9. The number of anilines is 2. The zero-order chi connectivity index (χ0) is 21.9. The van der Waals surface area contributed by atoms with Crippen LogP contribution in [0.1, 0.15) is 37.0 Å². The smallest absolute Gasteiger partial charge is 0.258 e. The summed E-state index contributed by atoms with van der Waals surface area (Å²) in [6.45, 7) is 4.54. The van der Waals surface area contributed by atoms with Gasteiger partial charge in [-0.2, -0.15) is 4.31 Å². The minimum atomic E-state index is -3.83. The monoisotopic (exact) mass is 433 g/mol. The molecule has 160 valence electrons. The number of hydrogen-bond donors (Lipinski definition) is 1. The Balaban J connectivity index is 1.87. The van der Waals surface area contributed by atoms with Crippen LogP contribution in [-0.4, -0.2) is 44.2 Å². The predicted octanol–water partition coefficient (Wildman–Crippen LogP) is 3.24. The summed E-state index contributed by atoms with van der Waals surface area (Å²) in [5.41, 5.74) is 0.660. The molecule has 7 nitrogen and oxygen atoms in total. The number of nitrogens with zero attached hydrogens (tertiary/aromatic N) is 2. The molecule has 1 fully saturated rings. The van der Waals surface area contributed by atoms with Crippen molar-refractivity contribution in [2.75, 3.05) is 29.9 Å². The summed E-state index contributed by atoms with van der Waals surface area (Å²) in [6.07, 6.45) is 1.25. The van der Waals surface area contributed by atoms with Crippen molar-refractivity contribution in [1.82, 2.24) is 4.31 Å². The minimum Gasteiger partial charge on any atom is -0.322 e. The molecule has 0 bridgehead atoms. The Kier molecular flexibility index (Phi) is 6.52. The van der Waals surface area contributed by atoms with Crippen molar-refractivity contribution < 1.29 is 22.4 Å². The van der Waals surface area contributed by atoms with E-state index in [1.165, 1.54) is 4.31 Å². The van der Waals surface area contributed by atoms with E-state index in [1.807, 2.05) is 0 Å². The molecule has 0 saturated carbocycles. The molecule has 3 rings (SSSR count). The fraction of sp³-hybridized carbons (Fsp3) is 0.333. The van der Waals surface area contributed by atoms with Gasteiger partial charge in [0.05, 0.1) is 10.5 Å². The Morgan fingerprint density at radius 1 is 1.17 bits per heavy atom. The highest BCUT2D eigenvalue weighted by molar-refractivity contribution is 7.89. The lowest BCUT2D eigenvalue weighted by atomic mass is 10.2. The number of amides is 2. The van der Waals surface area contributed by atoms with E-state index >= 15 is 0 Å². The Labute approximate surface area is 175 Å². The van der Waals surface area contributed by atoms with Crippen LogP contribution in [0.25, 0.3) is 0 Å². The molecule has 0 radical (unpaired) electrons. The third-order valence-corrected chi connectivity index (χ3v) is 7.06. The van der Waals surface area contributed by atoms with E-state index in [2.05, 4.69) is 5.32 Å². The Morgan fingerprint density at radius 2 is 1.90 bits per heavy atom. The average Bonchev–Trinajstić information content (AvgIpc) is 3.15. The van der Waals surface area contributed by atoms with Gasteiger partial charge in [0.15, 0.2) is 0 Å². The highest BCUT2D eigenvalue weighted by Gasteiger charge is 2.25. The van der Waals surface area contributed by atoms with Crippen LogP contribution in [0.4, 0.5) is 15.8 Å². The lowest BCUT2D eigenvalue weighted by molar-refractivity contribution is -0.117. The Hall–Kier alpha value is -2.78. The second-order valence-electron chi connectivity index (χ2n) is 6.88. The van der Waals surface area contributed by atoms with Gasteiger partial charge in [-0.15, -0.1) is 0 Å². The molecule has 9 heteroatoms. The molecular weight excluding hydrogens is 409 g/mol. The lowest BCUT2D eigenvalue weighted by Crippen LogP contribution is -2.31. The summed E-state index contributed by atoms with van der Waals surface area (Å²) in [7, 11) is -3.83. The van der Waals surface area contributed by atoms with Crippen LogP contribution in [-0.2, 0) is 14.8 Å². The maximum Gasteiger partial charge on any atom is 0.258 e. The van der Waals surface area contributed by atoms with Gasteiger partial charge >= 0.3 is 0 Å². The van der Waals surface area contributed by atoms with E-state index in [1.54, 1.807) is 43.0 Å². The first-order valence-electron chi connectivity index (χ1n) is 9.79. The molecule has 30 heavy (non-hydrogen) atoms. The molecule has 0 atom stereocenters. The number of halogens is 1. The topological polar surface area (TPSA) is 86.8 Å². The van der Waals surface area contributed by atoms with E-state index in [-0.39, 0.29) is 29.5 Å². The van der Waals surface area contributed by atoms with Gasteiger partial charge in [-0.1, -0.05) is 19.9 Å². The van der Waals surface area contributed by atoms with Gasteiger partial charge in [0.25, 0.3) is 5.91 Å². The van der Waals surface area contributed by atoms with Crippen LogP contribution < -0.4 is 10.2 Å². The second kappa shape index (κ2) is 8.93. The summed E-state index contributed by atoms with van der Waals surface area (Å²) in [6, 6.07) is 9.88. The molecular formula is C21H24FN3O4S. The molecule has 1 aliphatic heterocycles. The van der Waals surface area contributed by atoms with Gasteiger partial charge < -0.3 is 10.2 Å². The SMILES string of the molecule is CCN(CC)S(=O)(=O)c1ccc(F)c(C(=O)Nc2cccc(N3CCCC3=O)c2)c1. The summed E-state index contributed by atoms with van der Waals surface area (Å²) in [5, 5.41) is 2.59. The Morgan fingerprint density at radius 3 is 2.53 bits per heavy atom. The second-order valence-corrected chi connectivity index (χ2v) is 8.82. The maximum atomic E-state index is 14.3. The van der Waals surface area contributed by atoms with E-state index < -0.39 is 21.7 Å². The van der Waals surface area contributed by atoms with Crippen LogP contribution in [0.2, 0.25) is 0 Å². The van der Waals surface area contributed by atoms with Crippen molar-refractivity contribution in [3.05, 3.63) is 53.8 Å². The van der Waals surface area contributed by atoms with Crippen molar-refractivity contribution in [1.29, 1.82) is 0 Å². The van der Waals surface area contributed by atoms with Crippen LogP contribution in [0.5, 0.6) is 0 Å². The molecule has 0 aliphatic carbocycles. The number of sulfonamides is 1. The molecule has 2 aromatic carbocycles. The molecule has 2 aromatic rings. The van der Waals surface area contributed by atoms with Gasteiger partial charge in [-0.05, 0) is 42.8 Å². The summed E-state index contributed by atoms with van der Waals surface area (Å²) in [5.74, 6) is -1.58. The summed E-state index contributed by atoms with van der Waals surface area (Å²) < 4.78 is 41.0. The summed E-state index contributed by atoms with van der Waals surface area (Å²) >= 11 is 0. The van der Waals surface area contributed by atoms with E-state index in [4.69, 9.17) is 0 Å². The molecule has 0 unspecified atom stereocenters. The van der Waals surface area contributed by atoms with Gasteiger partial charge in [0, 0.05) is 37.4 Å². The lowest BCUT2D eigenvalue weighted by Gasteiger charge is -2.19. The maximum absolute atomic E-state index is 14.3. The number of carbonyl (C=O) groups excluding carboxylic acids is 2. The Bertz CT molecular complexity index is 1070. The number of hydrogen-bond acceptors (Lipinski definition) is 4. The largest absolute Gasteiger partial charge is 0.322 e. The summed E-state index contributed by atoms with van der Waals surface area (Å²) in [4.78, 5) is 26.1. The zero-order valence-electron chi connectivity index (χ0n) is 16.9. The number of benzene rings is 2. The van der Waals surface area contributed by atoms with Crippen LogP contribution in [0.3, 0.4) is 0 Å². The molecule has 2 amide bonds. The first-order valence-corrected chi connectivity index (χ1v) is 11.2. The minimum absolute atomic E-state index is 0.0128. The van der Waals surface area contributed by atoms with E-state index in [0.29, 0.717) is 24.3 Å². The van der Waals surface area contributed by atoms with E-state index in [9.17, 15) is 22.4 Å². The average molecular weight is 434 g/mol. The first-order chi connectivity index (χ1) is 14.3. The van der Waals surface area contributed by atoms with Gasteiger partial charge in [-0.25, -0.2) is 12.8 Å². The third-order valence-electron chi connectivity index (χ3n) is 5.01. The van der Waals surface area contributed by atoms with Crippen molar-refractivity contribution in [3.8, 4) is 0 Å². The van der Waals surface area contributed by atoms with Crippen molar-refractivity contribution in [3.63, 3.8) is 0 Å². The van der Waals surface area contributed by atoms with Crippen molar-refractivity contribution in [2.45, 2.75) is 31.6 Å². The normalized spacial score (nSPS) is 14.4. The fourth-order valence-corrected chi connectivity index (χ4v) is 4.91. The number of nitrogens with one attached hydrogen (secondary N) is 1. The van der Waals surface area contributed by atoms with Gasteiger partial charge in [0.2, 0.25) is 15.9 Å². The number of carbonyl (C=O) groups is 2. The van der Waals surface area contributed by atoms with Gasteiger partial charge in [0.1, 0.15) is 5.82 Å². The van der Waals surface area contributed by atoms with Crippen LogP contribution >= 0.6 is 0 Å². The molecule has 0 aromatic heterocycles. The zero-order valence-corrected chi connectivity index (χ0v) is 17.7. The predicted molar refractivity (Wildman–Crippen MR) is 112 cm³/mol. The highest BCUT2D eigenvalue weighted by atomic mass is 32.2. The molecule has 0 spiro atoms. The standard InChI is InChI=1S/C21H24FN3O4S/c1-3-24(4-2)30(28,29)17-10-11-19(22)18(14-17)21(27)23-15-7-5-8-16(13-15)25-12-6-9-20(25)26/h5,7-8,10-11,13-14H,3-4,6,9,12H2,1-2H3,(H,23,27). The molecule has 1 N–H and O–H groups in total. The number of rotatable bonds is 7.